The maximum absolute atomic E-state index is 6.29. The SMILES string of the molecule is Cc1cc(C)c2c(C)c(C(C)(C)N)n(C)c2c1. The molecule has 0 bridgehead atoms. The van der Waals surface area contributed by atoms with Crippen LogP contribution in [0.4, 0.5) is 0 Å². The Morgan fingerprint density at radius 1 is 1.12 bits per heavy atom. The van der Waals surface area contributed by atoms with E-state index in [1.54, 1.807) is 0 Å². The number of aryl methyl sites for hydroxylation is 4. The monoisotopic (exact) mass is 230 g/mol. The Hall–Kier alpha value is -1.28. The van der Waals surface area contributed by atoms with Crippen LogP contribution in [0.2, 0.25) is 0 Å². The molecule has 1 aromatic heterocycles. The number of rotatable bonds is 1. The van der Waals surface area contributed by atoms with E-state index in [9.17, 15) is 0 Å². The van der Waals surface area contributed by atoms with Crippen LogP contribution < -0.4 is 5.73 Å². The molecule has 0 spiro atoms. The van der Waals surface area contributed by atoms with E-state index in [1.807, 2.05) is 0 Å². The maximum atomic E-state index is 6.29. The Bertz CT molecular complexity index is 583. The van der Waals surface area contributed by atoms with E-state index < -0.39 is 0 Å². The highest BCUT2D eigenvalue weighted by molar-refractivity contribution is 5.89. The molecule has 0 amide bonds. The molecule has 0 aliphatic rings. The second-order valence-electron chi connectivity index (χ2n) is 5.73. The minimum atomic E-state index is -0.307. The Morgan fingerprint density at radius 2 is 1.71 bits per heavy atom. The van der Waals surface area contributed by atoms with Crippen molar-refractivity contribution in [3.05, 3.63) is 34.5 Å². The summed E-state index contributed by atoms with van der Waals surface area (Å²) in [6.45, 7) is 10.6. The summed E-state index contributed by atoms with van der Waals surface area (Å²) in [5.74, 6) is 0. The van der Waals surface area contributed by atoms with Crippen molar-refractivity contribution in [3.8, 4) is 0 Å². The summed E-state index contributed by atoms with van der Waals surface area (Å²) in [5.41, 5.74) is 12.4. The number of hydrogen-bond donors (Lipinski definition) is 1. The van der Waals surface area contributed by atoms with Crippen molar-refractivity contribution in [2.24, 2.45) is 12.8 Å². The van der Waals surface area contributed by atoms with E-state index in [2.05, 4.69) is 58.4 Å². The quantitative estimate of drug-likeness (QED) is 0.800. The summed E-state index contributed by atoms with van der Waals surface area (Å²) in [4.78, 5) is 0. The van der Waals surface area contributed by atoms with Crippen LogP contribution in [-0.2, 0) is 12.6 Å². The molecule has 0 saturated carbocycles. The lowest BCUT2D eigenvalue weighted by atomic mass is 9.96. The first-order chi connectivity index (χ1) is 7.73. The van der Waals surface area contributed by atoms with Gasteiger partial charge in [0.2, 0.25) is 0 Å². The van der Waals surface area contributed by atoms with E-state index >= 15 is 0 Å². The molecule has 1 aromatic carbocycles. The third-order valence-electron chi connectivity index (χ3n) is 3.50. The number of aromatic nitrogens is 1. The molecule has 1 heterocycles. The van der Waals surface area contributed by atoms with Gasteiger partial charge in [-0.05, 0) is 57.4 Å². The largest absolute Gasteiger partial charge is 0.346 e. The average Bonchev–Trinajstić information content (AvgIpc) is 2.37. The fourth-order valence-corrected chi connectivity index (χ4v) is 3.10. The molecule has 17 heavy (non-hydrogen) atoms. The van der Waals surface area contributed by atoms with Gasteiger partial charge >= 0.3 is 0 Å². The van der Waals surface area contributed by atoms with Crippen LogP contribution in [0.1, 0.15) is 36.2 Å². The summed E-state index contributed by atoms with van der Waals surface area (Å²) >= 11 is 0. The number of nitrogens with zero attached hydrogens (tertiary/aromatic N) is 1. The summed E-state index contributed by atoms with van der Waals surface area (Å²) in [5, 5.41) is 1.35. The van der Waals surface area contributed by atoms with Gasteiger partial charge < -0.3 is 10.3 Å². The minimum Gasteiger partial charge on any atom is -0.346 e. The van der Waals surface area contributed by atoms with Crippen LogP contribution in [0.3, 0.4) is 0 Å². The van der Waals surface area contributed by atoms with Gasteiger partial charge in [0, 0.05) is 23.6 Å². The third kappa shape index (κ3) is 1.77. The lowest BCUT2D eigenvalue weighted by molar-refractivity contribution is 0.513. The van der Waals surface area contributed by atoms with Crippen molar-refractivity contribution in [2.45, 2.75) is 40.2 Å². The zero-order valence-corrected chi connectivity index (χ0v) is 11.7. The zero-order valence-electron chi connectivity index (χ0n) is 11.7. The molecule has 0 aliphatic carbocycles. The van der Waals surface area contributed by atoms with Crippen LogP contribution in [0, 0.1) is 20.8 Å². The van der Waals surface area contributed by atoms with Crippen LogP contribution in [0.25, 0.3) is 10.9 Å². The molecule has 0 radical (unpaired) electrons. The topological polar surface area (TPSA) is 30.9 Å². The predicted octanol–water partition coefficient (Wildman–Crippen LogP) is 3.30. The van der Waals surface area contributed by atoms with Crippen molar-refractivity contribution in [2.75, 3.05) is 0 Å². The van der Waals surface area contributed by atoms with Crippen molar-refractivity contribution in [3.63, 3.8) is 0 Å². The normalized spacial score (nSPS) is 12.4. The van der Waals surface area contributed by atoms with Gasteiger partial charge in [0.15, 0.2) is 0 Å². The molecule has 92 valence electrons. The molecule has 0 saturated heterocycles. The second kappa shape index (κ2) is 3.61. The first-order valence-electron chi connectivity index (χ1n) is 6.09. The Balaban J connectivity index is 2.96. The summed E-state index contributed by atoms with van der Waals surface area (Å²) in [6, 6.07) is 4.48. The van der Waals surface area contributed by atoms with E-state index in [1.165, 1.54) is 33.3 Å². The van der Waals surface area contributed by atoms with E-state index in [-0.39, 0.29) is 5.54 Å². The molecule has 0 unspecified atom stereocenters. The van der Waals surface area contributed by atoms with Crippen molar-refractivity contribution >= 4 is 10.9 Å². The first-order valence-corrected chi connectivity index (χ1v) is 6.09. The van der Waals surface area contributed by atoms with Crippen molar-refractivity contribution < 1.29 is 0 Å². The molecule has 0 fully saturated rings. The van der Waals surface area contributed by atoms with Gasteiger partial charge in [-0.15, -0.1) is 0 Å². The van der Waals surface area contributed by atoms with E-state index in [0.717, 1.165) is 0 Å². The fourth-order valence-electron chi connectivity index (χ4n) is 3.10. The van der Waals surface area contributed by atoms with Crippen LogP contribution in [0.15, 0.2) is 12.1 Å². The highest BCUT2D eigenvalue weighted by Gasteiger charge is 2.24. The average molecular weight is 230 g/mol. The van der Waals surface area contributed by atoms with Gasteiger partial charge in [-0.3, -0.25) is 0 Å². The summed E-state index contributed by atoms with van der Waals surface area (Å²) in [6.07, 6.45) is 0. The van der Waals surface area contributed by atoms with Gasteiger partial charge in [0.25, 0.3) is 0 Å². The Labute approximate surface area is 103 Å². The minimum absolute atomic E-state index is 0.307. The summed E-state index contributed by atoms with van der Waals surface area (Å²) in [7, 11) is 2.11. The van der Waals surface area contributed by atoms with Crippen LogP contribution in [-0.4, -0.2) is 4.57 Å². The Morgan fingerprint density at radius 3 is 2.24 bits per heavy atom. The maximum Gasteiger partial charge on any atom is 0.0509 e. The molecule has 0 atom stereocenters. The van der Waals surface area contributed by atoms with Crippen LogP contribution >= 0.6 is 0 Å². The van der Waals surface area contributed by atoms with Crippen molar-refractivity contribution in [1.29, 1.82) is 0 Å². The lowest BCUT2D eigenvalue weighted by Crippen LogP contribution is -2.31. The Kier molecular flexibility index (Phi) is 2.58. The third-order valence-corrected chi connectivity index (χ3v) is 3.50. The van der Waals surface area contributed by atoms with E-state index in [0.29, 0.717) is 0 Å². The molecular formula is C15H22N2. The van der Waals surface area contributed by atoms with Gasteiger partial charge in [0.05, 0.1) is 5.54 Å². The molecule has 2 heteroatoms. The van der Waals surface area contributed by atoms with Gasteiger partial charge in [-0.25, -0.2) is 0 Å². The summed E-state index contributed by atoms with van der Waals surface area (Å²) < 4.78 is 2.24. The van der Waals surface area contributed by atoms with Gasteiger partial charge in [-0.2, -0.15) is 0 Å². The number of hydrogen-bond acceptors (Lipinski definition) is 1. The van der Waals surface area contributed by atoms with Crippen molar-refractivity contribution in [1.82, 2.24) is 4.57 Å². The highest BCUT2D eigenvalue weighted by atomic mass is 15.0. The van der Waals surface area contributed by atoms with Crippen LogP contribution in [0.5, 0.6) is 0 Å². The smallest absolute Gasteiger partial charge is 0.0509 e. The molecule has 2 nitrogen and oxygen atoms in total. The lowest BCUT2D eigenvalue weighted by Gasteiger charge is -2.21. The molecule has 2 N–H and O–H groups in total. The molecular weight excluding hydrogens is 208 g/mol. The van der Waals surface area contributed by atoms with Gasteiger partial charge in [0.1, 0.15) is 0 Å². The highest BCUT2D eigenvalue weighted by Crippen LogP contribution is 2.33. The zero-order chi connectivity index (χ0) is 13.0. The predicted molar refractivity (Wildman–Crippen MR) is 74.3 cm³/mol. The standard InChI is InChI=1S/C15H22N2/c1-9-7-10(2)13-11(3)14(15(4,5)16)17(6)12(13)8-9/h7-8H,16H2,1-6H3. The van der Waals surface area contributed by atoms with Gasteiger partial charge in [-0.1, -0.05) is 6.07 Å². The fraction of sp³-hybridized carbons (Fsp3) is 0.467. The molecule has 2 rings (SSSR count). The number of fused-ring (bicyclic) bond motifs is 1. The second-order valence-corrected chi connectivity index (χ2v) is 5.73. The number of nitrogens with two attached hydrogens (primary N) is 1. The molecule has 2 aromatic rings. The first kappa shape index (κ1) is 12.2. The van der Waals surface area contributed by atoms with E-state index in [4.69, 9.17) is 5.73 Å². The molecule has 0 aliphatic heterocycles. The number of benzene rings is 1.